The van der Waals surface area contributed by atoms with Gasteiger partial charge in [0.1, 0.15) is 5.82 Å². The number of aromatic nitrogens is 4. The number of nitrogens with zero attached hydrogens (tertiary/aromatic N) is 3. The molecular formula is C18H21N5O. The fourth-order valence-corrected chi connectivity index (χ4v) is 2.68. The van der Waals surface area contributed by atoms with Gasteiger partial charge in [0.25, 0.3) is 5.56 Å². The van der Waals surface area contributed by atoms with E-state index in [1.807, 2.05) is 19.9 Å². The van der Waals surface area contributed by atoms with Crippen LogP contribution < -0.4 is 10.9 Å². The second kappa shape index (κ2) is 5.96. The molecule has 3 rings (SSSR count). The molecule has 2 N–H and O–H groups in total. The molecule has 0 saturated carbocycles. The van der Waals surface area contributed by atoms with Crippen LogP contribution in [0.4, 0.5) is 11.5 Å². The van der Waals surface area contributed by atoms with Crippen LogP contribution >= 0.6 is 0 Å². The molecule has 0 aliphatic rings. The lowest BCUT2D eigenvalue weighted by atomic mass is 10.1. The fourth-order valence-electron chi connectivity index (χ4n) is 2.68. The molecule has 0 radical (unpaired) electrons. The number of hydrogen-bond donors (Lipinski definition) is 2. The molecule has 0 aliphatic carbocycles. The summed E-state index contributed by atoms with van der Waals surface area (Å²) in [5, 5.41) is 7.82. The van der Waals surface area contributed by atoms with Gasteiger partial charge in [0.15, 0.2) is 0 Å². The van der Waals surface area contributed by atoms with Gasteiger partial charge < -0.3 is 5.32 Å². The van der Waals surface area contributed by atoms with E-state index in [2.05, 4.69) is 52.4 Å². The maximum Gasteiger partial charge on any atom is 0.255 e. The average molecular weight is 323 g/mol. The Labute approximate surface area is 140 Å². The molecule has 3 aromatic rings. The second-order valence-corrected chi connectivity index (χ2v) is 6.18. The van der Waals surface area contributed by atoms with Crippen LogP contribution in [0, 0.1) is 34.6 Å². The number of hydrogen-bond acceptors (Lipinski definition) is 4. The highest BCUT2D eigenvalue weighted by atomic mass is 16.1. The summed E-state index contributed by atoms with van der Waals surface area (Å²) in [5.74, 6) is 1.16. The summed E-state index contributed by atoms with van der Waals surface area (Å²) in [5.41, 5.74) is 5.33. The first kappa shape index (κ1) is 16.0. The third-order valence-electron chi connectivity index (χ3n) is 3.91. The van der Waals surface area contributed by atoms with Gasteiger partial charge in [-0.25, -0.2) is 4.98 Å². The maximum atomic E-state index is 12.0. The Bertz CT molecular complexity index is 948. The zero-order valence-electron chi connectivity index (χ0n) is 14.6. The van der Waals surface area contributed by atoms with Crippen LogP contribution in [0.15, 0.2) is 29.1 Å². The highest BCUT2D eigenvalue weighted by Gasteiger charge is 2.12. The predicted molar refractivity (Wildman–Crippen MR) is 95.4 cm³/mol. The molecule has 0 saturated heterocycles. The van der Waals surface area contributed by atoms with Crippen LogP contribution in [0.2, 0.25) is 0 Å². The van der Waals surface area contributed by atoms with Gasteiger partial charge in [-0.1, -0.05) is 6.07 Å². The Morgan fingerprint density at radius 3 is 2.29 bits per heavy atom. The van der Waals surface area contributed by atoms with Crippen molar-refractivity contribution < 1.29 is 0 Å². The summed E-state index contributed by atoms with van der Waals surface area (Å²) < 4.78 is 1.63. The first-order valence-electron chi connectivity index (χ1n) is 7.83. The van der Waals surface area contributed by atoms with Crippen molar-refractivity contribution in [2.45, 2.75) is 34.6 Å². The maximum absolute atomic E-state index is 12.0. The highest BCUT2D eigenvalue weighted by molar-refractivity contribution is 5.60. The molecule has 0 atom stereocenters. The van der Waals surface area contributed by atoms with Gasteiger partial charge in [-0.05, 0) is 57.9 Å². The van der Waals surface area contributed by atoms with Crippen molar-refractivity contribution >= 4 is 11.5 Å². The summed E-state index contributed by atoms with van der Waals surface area (Å²) in [7, 11) is 0. The lowest BCUT2D eigenvalue weighted by Crippen LogP contribution is -2.18. The van der Waals surface area contributed by atoms with Gasteiger partial charge in [-0.15, -0.1) is 0 Å². The molecule has 6 nitrogen and oxygen atoms in total. The lowest BCUT2D eigenvalue weighted by molar-refractivity contribution is 0.786. The molecule has 24 heavy (non-hydrogen) atoms. The van der Waals surface area contributed by atoms with E-state index in [-0.39, 0.29) is 5.56 Å². The zero-order valence-corrected chi connectivity index (χ0v) is 14.6. The largest absolute Gasteiger partial charge is 0.340 e. The van der Waals surface area contributed by atoms with Crippen molar-refractivity contribution in [3.63, 3.8) is 0 Å². The first-order valence-corrected chi connectivity index (χ1v) is 7.83. The molecule has 0 aliphatic heterocycles. The Morgan fingerprint density at radius 2 is 1.67 bits per heavy atom. The Hall–Kier alpha value is -2.89. The molecule has 0 fully saturated rings. The van der Waals surface area contributed by atoms with Crippen LogP contribution in [0.25, 0.3) is 5.95 Å². The fraction of sp³-hybridized carbons (Fsp3) is 0.278. The summed E-state index contributed by atoms with van der Waals surface area (Å²) in [6.45, 7) is 9.60. The van der Waals surface area contributed by atoms with Crippen LogP contribution in [0.5, 0.6) is 0 Å². The molecule has 2 heterocycles. The van der Waals surface area contributed by atoms with E-state index >= 15 is 0 Å². The van der Waals surface area contributed by atoms with Gasteiger partial charge >= 0.3 is 0 Å². The third kappa shape index (κ3) is 3.08. The van der Waals surface area contributed by atoms with Gasteiger partial charge in [-0.2, -0.15) is 9.78 Å². The number of rotatable bonds is 3. The number of aromatic amines is 1. The third-order valence-corrected chi connectivity index (χ3v) is 3.91. The Balaban J connectivity index is 2.07. The first-order chi connectivity index (χ1) is 11.3. The second-order valence-electron chi connectivity index (χ2n) is 6.18. The van der Waals surface area contributed by atoms with E-state index in [0.717, 1.165) is 17.2 Å². The minimum absolute atomic E-state index is 0.150. The Morgan fingerprint density at radius 1 is 1.00 bits per heavy atom. The molecule has 0 unspecified atom stereocenters. The number of nitrogens with one attached hydrogen (secondary N) is 2. The van der Waals surface area contributed by atoms with Crippen LogP contribution in [0.1, 0.15) is 28.1 Å². The van der Waals surface area contributed by atoms with E-state index in [1.54, 1.807) is 11.6 Å². The predicted octanol–water partition coefficient (Wildman–Crippen LogP) is 3.24. The topological polar surface area (TPSA) is 75.6 Å². The number of anilines is 2. The SMILES string of the molecule is Cc1cc(C)cc(Nc2cc(C)nn2-c2nc(C)c(C)c(=O)[nH]2)c1. The van der Waals surface area contributed by atoms with Crippen LogP contribution in [0.3, 0.4) is 0 Å². The normalized spacial score (nSPS) is 10.9. The van der Waals surface area contributed by atoms with E-state index in [4.69, 9.17) is 0 Å². The van der Waals surface area contributed by atoms with Crippen LogP contribution in [-0.4, -0.2) is 19.7 Å². The minimum atomic E-state index is -0.150. The van der Waals surface area contributed by atoms with Crippen molar-refractivity contribution in [1.29, 1.82) is 0 Å². The minimum Gasteiger partial charge on any atom is -0.340 e. The summed E-state index contributed by atoms with van der Waals surface area (Å²) in [6, 6.07) is 8.18. The molecule has 1 aromatic carbocycles. The lowest BCUT2D eigenvalue weighted by Gasteiger charge is -2.11. The number of benzene rings is 1. The summed E-state index contributed by atoms with van der Waals surface area (Å²) in [4.78, 5) is 19.3. The van der Waals surface area contributed by atoms with E-state index in [9.17, 15) is 4.79 Å². The van der Waals surface area contributed by atoms with E-state index in [1.165, 1.54) is 11.1 Å². The standard InChI is InChI=1S/C18H21N5O/c1-10-6-11(2)8-15(7-10)20-16-9-12(3)22-23(16)18-19-14(5)13(4)17(24)21-18/h6-9,20H,1-5H3,(H,19,21,24). The monoisotopic (exact) mass is 323 g/mol. The number of H-pyrrole nitrogens is 1. The van der Waals surface area contributed by atoms with E-state index < -0.39 is 0 Å². The highest BCUT2D eigenvalue weighted by Crippen LogP contribution is 2.22. The summed E-state index contributed by atoms with van der Waals surface area (Å²) in [6.07, 6.45) is 0. The molecule has 6 heteroatoms. The Kier molecular flexibility index (Phi) is 3.97. The smallest absolute Gasteiger partial charge is 0.255 e. The van der Waals surface area contributed by atoms with Crippen molar-refractivity contribution in [2.24, 2.45) is 0 Å². The van der Waals surface area contributed by atoms with Crippen molar-refractivity contribution in [3.05, 3.63) is 62.7 Å². The number of aryl methyl sites for hydroxylation is 4. The molecule has 124 valence electrons. The van der Waals surface area contributed by atoms with E-state index in [0.29, 0.717) is 17.2 Å². The molecule has 0 bridgehead atoms. The molecule has 0 spiro atoms. The zero-order chi connectivity index (χ0) is 17.4. The average Bonchev–Trinajstić information content (AvgIpc) is 2.83. The van der Waals surface area contributed by atoms with Gasteiger partial charge in [-0.3, -0.25) is 9.78 Å². The molecule has 2 aromatic heterocycles. The van der Waals surface area contributed by atoms with Crippen LogP contribution in [-0.2, 0) is 0 Å². The van der Waals surface area contributed by atoms with Crippen molar-refractivity contribution in [2.75, 3.05) is 5.32 Å². The molecular weight excluding hydrogens is 302 g/mol. The quantitative estimate of drug-likeness (QED) is 0.776. The van der Waals surface area contributed by atoms with Gasteiger partial charge in [0.05, 0.1) is 5.69 Å². The van der Waals surface area contributed by atoms with Crippen molar-refractivity contribution in [3.8, 4) is 5.95 Å². The molecule has 0 amide bonds. The van der Waals surface area contributed by atoms with Gasteiger partial charge in [0, 0.05) is 23.0 Å². The van der Waals surface area contributed by atoms with Gasteiger partial charge in [0.2, 0.25) is 5.95 Å². The van der Waals surface area contributed by atoms with Crippen molar-refractivity contribution in [1.82, 2.24) is 19.7 Å². The summed E-state index contributed by atoms with van der Waals surface area (Å²) >= 11 is 0.